The molecule has 33 heavy (non-hydrogen) atoms. The van der Waals surface area contributed by atoms with E-state index in [2.05, 4.69) is 20.8 Å². The molecule has 3 aromatic carbocycles. The van der Waals surface area contributed by atoms with Gasteiger partial charge in [0.2, 0.25) is 11.7 Å². The smallest absolute Gasteiger partial charge is 0.251 e. The highest BCUT2D eigenvalue weighted by molar-refractivity contribution is 5.94. The average Bonchev–Trinajstić information content (AvgIpc) is 3.32. The van der Waals surface area contributed by atoms with Gasteiger partial charge in [0.15, 0.2) is 0 Å². The van der Waals surface area contributed by atoms with E-state index in [1.807, 2.05) is 31.2 Å². The molecule has 0 saturated heterocycles. The third-order valence-corrected chi connectivity index (χ3v) is 4.88. The van der Waals surface area contributed by atoms with E-state index < -0.39 is 0 Å². The number of aromatic nitrogens is 2. The van der Waals surface area contributed by atoms with Gasteiger partial charge in [-0.1, -0.05) is 23.4 Å². The molecule has 7 nitrogen and oxygen atoms in total. The van der Waals surface area contributed by atoms with Gasteiger partial charge < -0.3 is 19.9 Å². The molecular weight excluding hydrogens is 423 g/mol. The quantitative estimate of drug-likeness (QED) is 0.383. The molecule has 0 aliphatic carbocycles. The van der Waals surface area contributed by atoms with E-state index in [4.69, 9.17) is 9.26 Å². The molecule has 1 heterocycles. The molecule has 8 heteroatoms. The molecule has 0 bridgehead atoms. The number of rotatable bonds is 9. The van der Waals surface area contributed by atoms with E-state index >= 15 is 0 Å². The Morgan fingerprint density at radius 3 is 2.48 bits per heavy atom. The van der Waals surface area contributed by atoms with Crippen molar-refractivity contribution in [1.29, 1.82) is 0 Å². The fourth-order valence-corrected chi connectivity index (χ4v) is 3.15. The maximum absolute atomic E-state index is 13.7. The fraction of sp³-hybridized carbons (Fsp3) is 0.160. The topological polar surface area (TPSA) is 89.3 Å². The van der Waals surface area contributed by atoms with Crippen molar-refractivity contribution in [2.75, 3.05) is 11.9 Å². The van der Waals surface area contributed by atoms with Gasteiger partial charge in [-0.15, -0.1) is 0 Å². The van der Waals surface area contributed by atoms with Crippen LogP contribution < -0.4 is 15.4 Å². The number of hydrogen-bond donors (Lipinski definition) is 2. The van der Waals surface area contributed by atoms with Crippen molar-refractivity contribution in [3.8, 4) is 17.1 Å². The van der Waals surface area contributed by atoms with E-state index in [0.29, 0.717) is 36.0 Å². The van der Waals surface area contributed by atoms with E-state index in [1.165, 1.54) is 6.07 Å². The van der Waals surface area contributed by atoms with Crippen molar-refractivity contribution in [2.45, 2.75) is 20.0 Å². The Kier molecular flexibility index (Phi) is 6.94. The standard InChI is InChI=1S/C25H23FN4O3/c1-2-32-21-13-9-17(10-14-21)24-29-23(33-30-24)16-27-20-11-7-18(8-12-20)25(31)28-15-19-5-3-4-6-22(19)26/h3-14,27H,2,15-16H2,1H3,(H,28,31). The first-order valence-electron chi connectivity index (χ1n) is 10.5. The van der Waals surface area contributed by atoms with Gasteiger partial charge in [0.25, 0.3) is 5.91 Å². The maximum Gasteiger partial charge on any atom is 0.251 e. The highest BCUT2D eigenvalue weighted by Gasteiger charge is 2.10. The second-order valence-corrected chi connectivity index (χ2v) is 7.17. The molecule has 0 aliphatic rings. The Hall–Kier alpha value is -4.20. The van der Waals surface area contributed by atoms with Gasteiger partial charge in [-0.05, 0) is 61.5 Å². The molecule has 2 N–H and O–H groups in total. The van der Waals surface area contributed by atoms with Gasteiger partial charge in [0, 0.05) is 28.9 Å². The molecule has 0 radical (unpaired) electrons. The Morgan fingerprint density at radius 1 is 1.00 bits per heavy atom. The lowest BCUT2D eigenvalue weighted by molar-refractivity contribution is 0.0950. The highest BCUT2D eigenvalue weighted by Crippen LogP contribution is 2.20. The van der Waals surface area contributed by atoms with Crippen LogP contribution in [-0.2, 0) is 13.1 Å². The first kappa shape index (κ1) is 22.0. The predicted octanol–water partition coefficient (Wildman–Crippen LogP) is 4.82. The van der Waals surface area contributed by atoms with Crippen LogP contribution >= 0.6 is 0 Å². The molecule has 1 aromatic heterocycles. The molecule has 168 valence electrons. The van der Waals surface area contributed by atoms with Crippen LogP contribution in [0, 0.1) is 5.82 Å². The maximum atomic E-state index is 13.7. The zero-order valence-corrected chi connectivity index (χ0v) is 18.0. The first-order chi connectivity index (χ1) is 16.1. The van der Waals surface area contributed by atoms with Crippen LogP contribution in [0.4, 0.5) is 10.1 Å². The van der Waals surface area contributed by atoms with Gasteiger partial charge in [-0.3, -0.25) is 4.79 Å². The summed E-state index contributed by atoms with van der Waals surface area (Å²) in [4.78, 5) is 16.7. The van der Waals surface area contributed by atoms with Gasteiger partial charge in [-0.25, -0.2) is 4.39 Å². The molecule has 4 aromatic rings. The summed E-state index contributed by atoms with van der Waals surface area (Å²) in [5.41, 5.74) is 2.54. The summed E-state index contributed by atoms with van der Waals surface area (Å²) >= 11 is 0. The number of anilines is 1. The SMILES string of the molecule is CCOc1ccc(-c2noc(CNc3ccc(C(=O)NCc4ccccc4F)cc3)n2)cc1. The molecule has 0 spiro atoms. The number of ether oxygens (including phenoxy) is 1. The summed E-state index contributed by atoms with van der Waals surface area (Å²) in [6.07, 6.45) is 0. The van der Waals surface area contributed by atoms with Gasteiger partial charge in [-0.2, -0.15) is 4.98 Å². The molecule has 0 fully saturated rings. The minimum absolute atomic E-state index is 0.124. The van der Waals surface area contributed by atoms with E-state index in [-0.39, 0.29) is 18.3 Å². The van der Waals surface area contributed by atoms with Crippen LogP contribution in [-0.4, -0.2) is 22.7 Å². The zero-order valence-electron chi connectivity index (χ0n) is 18.0. The number of amides is 1. The second-order valence-electron chi connectivity index (χ2n) is 7.17. The number of nitrogens with one attached hydrogen (secondary N) is 2. The van der Waals surface area contributed by atoms with Crippen molar-refractivity contribution >= 4 is 11.6 Å². The van der Waals surface area contributed by atoms with Gasteiger partial charge >= 0.3 is 0 Å². The Bertz CT molecular complexity index is 1210. The Labute approximate surface area is 190 Å². The van der Waals surface area contributed by atoms with Crippen LogP contribution in [0.2, 0.25) is 0 Å². The lowest BCUT2D eigenvalue weighted by atomic mass is 10.1. The number of hydrogen-bond acceptors (Lipinski definition) is 6. The molecule has 0 aliphatic heterocycles. The first-order valence-corrected chi connectivity index (χ1v) is 10.5. The van der Waals surface area contributed by atoms with Crippen LogP contribution in [0.25, 0.3) is 11.4 Å². The molecular formula is C25H23FN4O3. The minimum Gasteiger partial charge on any atom is -0.494 e. The van der Waals surface area contributed by atoms with Crippen LogP contribution in [0.15, 0.2) is 77.3 Å². The van der Waals surface area contributed by atoms with Crippen molar-refractivity contribution < 1.29 is 18.4 Å². The van der Waals surface area contributed by atoms with Crippen LogP contribution in [0.3, 0.4) is 0 Å². The van der Waals surface area contributed by atoms with Crippen LogP contribution in [0.5, 0.6) is 5.75 Å². The fourth-order valence-electron chi connectivity index (χ4n) is 3.15. The summed E-state index contributed by atoms with van der Waals surface area (Å²) < 4.78 is 24.4. The molecule has 1 amide bonds. The van der Waals surface area contributed by atoms with Crippen molar-refractivity contribution in [3.05, 3.63) is 95.6 Å². The van der Waals surface area contributed by atoms with Crippen molar-refractivity contribution in [3.63, 3.8) is 0 Å². The number of halogens is 1. The minimum atomic E-state index is -0.343. The summed E-state index contributed by atoms with van der Waals surface area (Å²) in [5.74, 6) is 1.10. The molecule has 0 saturated carbocycles. The summed E-state index contributed by atoms with van der Waals surface area (Å²) in [7, 11) is 0. The lowest BCUT2D eigenvalue weighted by Crippen LogP contribution is -2.23. The van der Waals surface area contributed by atoms with Gasteiger partial charge in [0.05, 0.1) is 13.2 Å². The van der Waals surface area contributed by atoms with E-state index in [9.17, 15) is 9.18 Å². The normalized spacial score (nSPS) is 10.6. The predicted molar refractivity (Wildman–Crippen MR) is 122 cm³/mol. The molecule has 0 unspecified atom stereocenters. The van der Waals surface area contributed by atoms with Crippen molar-refractivity contribution in [1.82, 2.24) is 15.5 Å². The Morgan fingerprint density at radius 2 is 1.76 bits per heavy atom. The summed E-state index contributed by atoms with van der Waals surface area (Å²) in [6.45, 7) is 3.00. The highest BCUT2D eigenvalue weighted by atomic mass is 19.1. The zero-order chi connectivity index (χ0) is 23.0. The van der Waals surface area contributed by atoms with Crippen molar-refractivity contribution in [2.24, 2.45) is 0 Å². The summed E-state index contributed by atoms with van der Waals surface area (Å²) in [6, 6.07) is 20.8. The second kappa shape index (κ2) is 10.4. The average molecular weight is 446 g/mol. The number of benzene rings is 3. The van der Waals surface area contributed by atoms with E-state index in [0.717, 1.165) is 17.0 Å². The number of carbonyl (C=O) groups excluding carboxylic acids is 1. The third kappa shape index (κ3) is 5.74. The largest absolute Gasteiger partial charge is 0.494 e. The molecule has 0 atom stereocenters. The number of carbonyl (C=O) groups is 1. The Balaban J connectivity index is 1.29. The third-order valence-electron chi connectivity index (χ3n) is 4.88. The lowest BCUT2D eigenvalue weighted by Gasteiger charge is -2.08. The molecule has 4 rings (SSSR count). The number of nitrogens with zero attached hydrogens (tertiary/aromatic N) is 2. The monoisotopic (exact) mass is 446 g/mol. The van der Waals surface area contributed by atoms with Crippen LogP contribution in [0.1, 0.15) is 28.7 Å². The van der Waals surface area contributed by atoms with E-state index in [1.54, 1.807) is 42.5 Å². The van der Waals surface area contributed by atoms with Gasteiger partial charge in [0.1, 0.15) is 11.6 Å². The summed E-state index contributed by atoms with van der Waals surface area (Å²) in [5, 5.41) is 9.92.